The van der Waals surface area contributed by atoms with Crippen LogP contribution in [0.15, 0.2) is 30.5 Å². The summed E-state index contributed by atoms with van der Waals surface area (Å²) in [5, 5.41) is 0. The molecule has 0 spiro atoms. The van der Waals surface area contributed by atoms with Crippen molar-refractivity contribution in [3.05, 3.63) is 45.8 Å². The maximum Gasteiger partial charge on any atom is 0.263 e. The first-order valence-corrected chi connectivity index (χ1v) is 6.73. The van der Waals surface area contributed by atoms with Crippen molar-refractivity contribution in [2.24, 2.45) is 0 Å². The second kappa shape index (κ2) is 5.84. The van der Waals surface area contributed by atoms with Crippen molar-refractivity contribution in [3.63, 3.8) is 0 Å². The van der Waals surface area contributed by atoms with Crippen LogP contribution in [0.5, 0.6) is 5.88 Å². The highest BCUT2D eigenvalue weighted by atomic mass is 32.1. The molecule has 5 heteroatoms. The molecule has 100 valence electrons. The number of ether oxygens (including phenoxy) is 1. The van der Waals surface area contributed by atoms with Gasteiger partial charge in [-0.15, -0.1) is 11.3 Å². The molecule has 2 heterocycles. The first kappa shape index (κ1) is 13.5. The number of methoxy groups -OCH3 is 1. The molecule has 0 saturated heterocycles. The number of amides is 1. The lowest BCUT2D eigenvalue weighted by Gasteiger charge is -2.17. The van der Waals surface area contributed by atoms with Crippen molar-refractivity contribution in [1.29, 1.82) is 0 Å². The number of hydrogen-bond acceptors (Lipinski definition) is 4. The predicted octanol–water partition coefficient (Wildman–Crippen LogP) is 2.73. The summed E-state index contributed by atoms with van der Waals surface area (Å²) in [6, 6.07) is 7.57. The Hall–Kier alpha value is -1.88. The fraction of sp³-hybridized carbons (Fsp3) is 0.286. The second-order valence-corrected chi connectivity index (χ2v) is 5.53. The highest BCUT2D eigenvalue weighted by molar-refractivity contribution is 7.13. The van der Waals surface area contributed by atoms with Crippen LogP contribution in [0, 0.1) is 6.92 Å². The van der Waals surface area contributed by atoms with Crippen molar-refractivity contribution >= 4 is 17.2 Å². The monoisotopic (exact) mass is 276 g/mol. The highest BCUT2D eigenvalue weighted by Gasteiger charge is 2.15. The van der Waals surface area contributed by atoms with Crippen LogP contribution >= 0.6 is 11.3 Å². The Bertz CT molecular complexity index is 580. The Kier molecular flexibility index (Phi) is 4.16. The molecule has 0 atom stereocenters. The van der Waals surface area contributed by atoms with Gasteiger partial charge in [0.25, 0.3) is 5.91 Å². The molecule has 2 aromatic rings. The molecule has 0 aromatic carbocycles. The van der Waals surface area contributed by atoms with Crippen LogP contribution in [-0.4, -0.2) is 29.9 Å². The number of rotatable bonds is 4. The maximum atomic E-state index is 12.2. The molecular weight excluding hydrogens is 260 g/mol. The SMILES string of the molecule is COc1ncccc1CN(C)C(=O)c1ccc(C)s1. The maximum absolute atomic E-state index is 12.2. The van der Waals surface area contributed by atoms with Gasteiger partial charge in [-0.25, -0.2) is 4.98 Å². The third-order valence-corrected chi connectivity index (χ3v) is 3.74. The molecule has 4 nitrogen and oxygen atoms in total. The van der Waals surface area contributed by atoms with E-state index in [0.29, 0.717) is 12.4 Å². The molecule has 1 amide bonds. The van der Waals surface area contributed by atoms with Crippen molar-refractivity contribution in [1.82, 2.24) is 9.88 Å². The van der Waals surface area contributed by atoms with Crippen molar-refractivity contribution < 1.29 is 9.53 Å². The van der Waals surface area contributed by atoms with Gasteiger partial charge in [-0.3, -0.25) is 4.79 Å². The summed E-state index contributed by atoms with van der Waals surface area (Å²) in [5.74, 6) is 0.577. The molecule has 0 unspecified atom stereocenters. The number of aryl methyl sites for hydroxylation is 1. The van der Waals surface area contributed by atoms with Gasteiger partial charge in [0.1, 0.15) is 0 Å². The van der Waals surface area contributed by atoms with Crippen LogP contribution in [-0.2, 0) is 6.54 Å². The Balaban J connectivity index is 2.12. The molecule has 0 aliphatic heterocycles. The summed E-state index contributed by atoms with van der Waals surface area (Å²) in [6.45, 7) is 2.47. The molecule has 0 radical (unpaired) electrons. The summed E-state index contributed by atoms with van der Waals surface area (Å²) < 4.78 is 5.19. The average molecular weight is 276 g/mol. The van der Waals surface area contributed by atoms with Gasteiger partial charge >= 0.3 is 0 Å². The van der Waals surface area contributed by atoms with E-state index in [9.17, 15) is 4.79 Å². The topological polar surface area (TPSA) is 42.4 Å². The minimum Gasteiger partial charge on any atom is -0.481 e. The van der Waals surface area contributed by atoms with Gasteiger partial charge < -0.3 is 9.64 Å². The average Bonchev–Trinajstić information content (AvgIpc) is 2.85. The predicted molar refractivity (Wildman–Crippen MR) is 75.6 cm³/mol. The van der Waals surface area contributed by atoms with E-state index in [1.165, 1.54) is 11.3 Å². The fourth-order valence-corrected chi connectivity index (χ4v) is 2.66. The number of carbonyl (C=O) groups is 1. The van der Waals surface area contributed by atoms with Gasteiger partial charge in [0, 0.05) is 23.7 Å². The van der Waals surface area contributed by atoms with Crippen LogP contribution in [0.25, 0.3) is 0 Å². The van der Waals surface area contributed by atoms with Crippen molar-refractivity contribution in [2.45, 2.75) is 13.5 Å². The Morgan fingerprint density at radius 1 is 1.42 bits per heavy atom. The van der Waals surface area contributed by atoms with Gasteiger partial charge in [-0.05, 0) is 25.1 Å². The molecule has 0 aliphatic carbocycles. The van der Waals surface area contributed by atoms with Crippen LogP contribution in [0.3, 0.4) is 0 Å². The summed E-state index contributed by atoms with van der Waals surface area (Å²) in [7, 11) is 3.36. The van der Waals surface area contributed by atoms with Gasteiger partial charge in [0.15, 0.2) is 0 Å². The lowest BCUT2D eigenvalue weighted by atomic mass is 10.2. The number of thiophene rings is 1. The van der Waals surface area contributed by atoms with Crippen molar-refractivity contribution in [2.75, 3.05) is 14.2 Å². The molecule has 0 bridgehead atoms. The van der Waals surface area contributed by atoms with E-state index in [1.807, 2.05) is 31.2 Å². The molecule has 19 heavy (non-hydrogen) atoms. The molecule has 2 aromatic heterocycles. The largest absolute Gasteiger partial charge is 0.481 e. The minimum atomic E-state index is 0.0176. The van der Waals surface area contributed by atoms with Gasteiger partial charge in [0.05, 0.1) is 18.5 Å². The number of hydrogen-bond donors (Lipinski definition) is 0. The number of pyridine rings is 1. The summed E-state index contributed by atoms with van der Waals surface area (Å²) >= 11 is 1.51. The van der Waals surface area contributed by atoms with E-state index in [1.54, 1.807) is 25.3 Å². The van der Waals surface area contributed by atoms with E-state index in [-0.39, 0.29) is 5.91 Å². The first-order valence-electron chi connectivity index (χ1n) is 5.91. The van der Waals surface area contributed by atoms with E-state index < -0.39 is 0 Å². The lowest BCUT2D eigenvalue weighted by molar-refractivity contribution is 0.0789. The quantitative estimate of drug-likeness (QED) is 0.862. The molecular formula is C14H16N2O2S. The number of carbonyl (C=O) groups excluding carboxylic acids is 1. The zero-order valence-corrected chi connectivity index (χ0v) is 12.0. The van der Waals surface area contributed by atoms with Gasteiger partial charge in [-0.2, -0.15) is 0 Å². The van der Waals surface area contributed by atoms with Gasteiger partial charge in [0.2, 0.25) is 5.88 Å². The lowest BCUT2D eigenvalue weighted by Crippen LogP contribution is -2.25. The molecule has 0 aliphatic rings. The third kappa shape index (κ3) is 3.12. The fourth-order valence-electron chi connectivity index (χ4n) is 1.79. The standard InChI is InChI=1S/C14H16N2O2S/c1-10-6-7-12(19-10)14(17)16(2)9-11-5-4-8-15-13(11)18-3/h4-8H,9H2,1-3H3. The molecule has 0 saturated carbocycles. The smallest absolute Gasteiger partial charge is 0.263 e. The zero-order chi connectivity index (χ0) is 13.8. The highest BCUT2D eigenvalue weighted by Crippen LogP contribution is 2.20. The second-order valence-electron chi connectivity index (χ2n) is 4.24. The van der Waals surface area contributed by atoms with Crippen molar-refractivity contribution in [3.8, 4) is 5.88 Å². The van der Waals surface area contributed by atoms with E-state index >= 15 is 0 Å². The number of nitrogens with zero attached hydrogens (tertiary/aromatic N) is 2. The number of aromatic nitrogens is 1. The van der Waals surface area contributed by atoms with Gasteiger partial charge in [-0.1, -0.05) is 6.07 Å². The molecule has 0 N–H and O–H groups in total. The molecule has 2 rings (SSSR count). The first-order chi connectivity index (χ1) is 9.11. The Morgan fingerprint density at radius 2 is 2.21 bits per heavy atom. The Labute approximate surface area is 116 Å². The van der Waals surface area contributed by atoms with Crippen LogP contribution < -0.4 is 4.74 Å². The van der Waals surface area contributed by atoms with E-state index in [0.717, 1.165) is 15.3 Å². The van der Waals surface area contributed by atoms with Crippen LogP contribution in [0.2, 0.25) is 0 Å². The van der Waals surface area contributed by atoms with E-state index in [2.05, 4.69) is 4.98 Å². The van der Waals surface area contributed by atoms with Crippen LogP contribution in [0.4, 0.5) is 0 Å². The Morgan fingerprint density at radius 3 is 2.84 bits per heavy atom. The molecule has 0 fully saturated rings. The van der Waals surface area contributed by atoms with Crippen LogP contribution in [0.1, 0.15) is 20.1 Å². The summed E-state index contributed by atoms with van der Waals surface area (Å²) in [5.41, 5.74) is 0.897. The summed E-state index contributed by atoms with van der Waals surface area (Å²) in [6.07, 6.45) is 1.67. The minimum absolute atomic E-state index is 0.0176. The van der Waals surface area contributed by atoms with E-state index in [4.69, 9.17) is 4.74 Å². The normalized spacial score (nSPS) is 10.3. The zero-order valence-electron chi connectivity index (χ0n) is 11.2. The summed E-state index contributed by atoms with van der Waals surface area (Å²) in [4.78, 5) is 19.9. The third-order valence-electron chi connectivity index (χ3n) is 2.75.